The van der Waals surface area contributed by atoms with E-state index in [4.69, 9.17) is 25.8 Å². The number of hydrogen-bond donors (Lipinski definition) is 2. The number of piperidine rings is 1. The monoisotopic (exact) mass is 529 g/mol. The summed E-state index contributed by atoms with van der Waals surface area (Å²) >= 11 is 5.84. The molecule has 0 spiro atoms. The average molecular weight is 530 g/mol. The number of nitrogens with one attached hydrogen (secondary N) is 2. The van der Waals surface area contributed by atoms with Crippen LogP contribution in [0.15, 0.2) is 42.6 Å². The first-order chi connectivity index (χ1) is 17.9. The van der Waals surface area contributed by atoms with E-state index in [2.05, 4.69) is 25.5 Å². The minimum Gasteiger partial charge on any atom is -0.493 e. The van der Waals surface area contributed by atoms with Gasteiger partial charge in [-0.25, -0.2) is 9.37 Å². The molecule has 11 heteroatoms. The molecule has 2 heterocycles. The predicted octanol–water partition coefficient (Wildman–Crippen LogP) is 4.57. The molecule has 3 aromatic rings. The Labute approximate surface area is 219 Å². The van der Waals surface area contributed by atoms with Crippen LogP contribution in [0.3, 0.4) is 0 Å². The molecule has 9 nitrogen and oxygen atoms in total. The summed E-state index contributed by atoms with van der Waals surface area (Å²) < 4.78 is 29.6. The number of carbonyl (C=O) groups excluding carboxylic acids is 1. The zero-order valence-corrected chi connectivity index (χ0v) is 21.6. The van der Waals surface area contributed by atoms with Crippen LogP contribution in [-0.2, 0) is 11.3 Å². The van der Waals surface area contributed by atoms with Gasteiger partial charge in [-0.3, -0.25) is 4.79 Å². The number of anilines is 3. The number of nitrogens with zero attached hydrogens (tertiary/aromatic N) is 3. The van der Waals surface area contributed by atoms with Crippen molar-refractivity contribution in [1.29, 1.82) is 0 Å². The van der Waals surface area contributed by atoms with Gasteiger partial charge in [0.25, 0.3) is 0 Å². The second kappa shape index (κ2) is 12.0. The van der Waals surface area contributed by atoms with Crippen molar-refractivity contribution in [1.82, 2.24) is 15.3 Å². The third-order valence-corrected chi connectivity index (χ3v) is 6.42. The van der Waals surface area contributed by atoms with Crippen molar-refractivity contribution < 1.29 is 23.4 Å². The van der Waals surface area contributed by atoms with E-state index in [-0.39, 0.29) is 23.4 Å². The van der Waals surface area contributed by atoms with Crippen LogP contribution in [-0.4, -0.2) is 50.3 Å². The molecule has 1 aromatic heterocycles. The lowest BCUT2D eigenvalue weighted by Crippen LogP contribution is -2.43. The number of rotatable bonds is 9. The van der Waals surface area contributed by atoms with Gasteiger partial charge in [0.1, 0.15) is 11.6 Å². The van der Waals surface area contributed by atoms with Crippen molar-refractivity contribution in [3.05, 3.63) is 59.0 Å². The first-order valence-corrected chi connectivity index (χ1v) is 12.2. The molecule has 0 bridgehead atoms. The SMILES string of the molecule is COc1cc(Nc2nccc(N3CCCC(C(=O)NCc4ccc(F)c(Cl)c4)C3)n2)cc(OC)c1OC. The van der Waals surface area contributed by atoms with Gasteiger partial charge in [-0.1, -0.05) is 17.7 Å². The largest absolute Gasteiger partial charge is 0.493 e. The minimum absolute atomic E-state index is 0.0373. The van der Waals surface area contributed by atoms with Crippen molar-refractivity contribution in [3.63, 3.8) is 0 Å². The van der Waals surface area contributed by atoms with Gasteiger partial charge >= 0.3 is 0 Å². The van der Waals surface area contributed by atoms with Crippen molar-refractivity contribution in [2.24, 2.45) is 5.92 Å². The average Bonchev–Trinajstić information content (AvgIpc) is 2.93. The highest BCUT2D eigenvalue weighted by Crippen LogP contribution is 2.40. The molecule has 0 saturated carbocycles. The standard InChI is InChI=1S/C26H29ClFN5O4/c1-35-21-12-18(13-22(36-2)24(21)37-3)31-26-29-9-8-23(32-26)33-10-4-5-17(15-33)25(34)30-14-16-6-7-20(28)19(27)11-16/h6-9,11-13,17H,4-5,10,14-15H2,1-3H3,(H,30,34)(H,29,31,32). The van der Waals surface area contributed by atoms with Gasteiger partial charge in [0, 0.05) is 43.7 Å². The molecule has 0 radical (unpaired) electrons. The Morgan fingerprint density at radius 1 is 1.14 bits per heavy atom. The molecule has 2 aromatic carbocycles. The van der Waals surface area contributed by atoms with E-state index in [9.17, 15) is 9.18 Å². The summed E-state index contributed by atoms with van der Waals surface area (Å²) in [6.45, 7) is 1.58. The Morgan fingerprint density at radius 3 is 2.57 bits per heavy atom. The molecule has 1 atom stereocenters. The smallest absolute Gasteiger partial charge is 0.229 e. The fourth-order valence-electron chi connectivity index (χ4n) is 4.25. The van der Waals surface area contributed by atoms with Crippen LogP contribution in [0.1, 0.15) is 18.4 Å². The molecule has 1 aliphatic rings. The van der Waals surface area contributed by atoms with E-state index in [0.29, 0.717) is 41.2 Å². The Bertz CT molecular complexity index is 1240. The number of hydrogen-bond acceptors (Lipinski definition) is 8. The van der Waals surface area contributed by atoms with Crippen LogP contribution in [0.5, 0.6) is 17.2 Å². The van der Waals surface area contributed by atoms with E-state index < -0.39 is 5.82 Å². The summed E-state index contributed by atoms with van der Waals surface area (Å²) in [5, 5.41) is 6.16. The molecule has 1 saturated heterocycles. The Balaban J connectivity index is 1.42. The maximum Gasteiger partial charge on any atom is 0.229 e. The van der Waals surface area contributed by atoms with Crippen molar-refractivity contribution in [3.8, 4) is 17.2 Å². The first kappa shape index (κ1) is 26.3. The maximum absolute atomic E-state index is 13.4. The number of amides is 1. The van der Waals surface area contributed by atoms with Crippen molar-refractivity contribution in [2.45, 2.75) is 19.4 Å². The van der Waals surface area contributed by atoms with E-state index in [0.717, 1.165) is 24.9 Å². The van der Waals surface area contributed by atoms with Crippen LogP contribution in [0.25, 0.3) is 0 Å². The van der Waals surface area contributed by atoms with Gasteiger partial charge < -0.3 is 29.7 Å². The predicted molar refractivity (Wildman–Crippen MR) is 140 cm³/mol. The second-order valence-electron chi connectivity index (χ2n) is 8.53. The van der Waals surface area contributed by atoms with Gasteiger partial charge in [-0.2, -0.15) is 4.98 Å². The van der Waals surface area contributed by atoms with Crippen LogP contribution >= 0.6 is 11.6 Å². The molecular weight excluding hydrogens is 501 g/mol. The number of carbonyl (C=O) groups is 1. The van der Waals surface area contributed by atoms with Crippen LogP contribution in [0.4, 0.5) is 21.8 Å². The summed E-state index contributed by atoms with van der Waals surface area (Å²) in [5.41, 5.74) is 1.41. The van der Waals surface area contributed by atoms with Crippen molar-refractivity contribution >= 4 is 35.0 Å². The van der Waals surface area contributed by atoms with Crippen LogP contribution in [0, 0.1) is 11.7 Å². The third-order valence-electron chi connectivity index (χ3n) is 6.13. The number of ether oxygens (including phenoxy) is 3. The normalized spacial score (nSPS) is 15.2. The molecule has 1 fully saturated rings. The molecule has 37 heavy (non-hydrogen) atoms. The Kier molecular flexibility index (Phi) is 8.50. The summed E-state index contributed by atoms with van der Waals surface area (Å²) in [7, 11) is 4.65. The van der Waals surface area contributed by atoms with E-state index >= 15 is 0 Å². The molecule has 1 unspecified atom stereocenters. The van der Waals surface area contributed by atoms with Gasteiger partial charge in [-0.05, 0) is 36.6 Å². The summed E-state index contributed by atoms with van der Waals surface area (Å²) in [5.74, 6) is 1.87. The fourth-order valence-corrected chi connectivity index (χ4v) is 4.45. The van der Waals surface area contributed by atoms with E-state index in [1.54, 1.807) is 45.7 Å². The second-order valence-corrected chi connectivity index (χ2v) is 8.94. The number of halogens is 2. The maximum atomic E-state index is 13.4. The highest BCUT2D eigenvalue weighted by molar-refractivity contribution is 6.30. The summed E-state index contributed by atoms with van der Waals surface area (Å²) in [6, 6.07) is 9.79. The number of methoxy groups -OCH3 is 3. The van der Waals surface area contributed by atoms with Crippen molar-refractivity contribution in [2.75, 3.05) is 44.6 Å². The fraction of sp³-hybridized carbons (Fsp3) is 0.346. The van der Waals surface area contributed by atoms with Gasteiger partial charge in [0.05, 0.1) is 32.3 Å². The Hall–Kier alpha value is -3.79. The molecule has 2 N–H and O–H groups in total. The highest BCUT2D eigenvalue weighted by Gasteiger charge is 2.27. The van der Waals surface area contributed by atoms with E-state index in [1.165, 1.54) is 12.1 Å². The summed E-state index contributed by atoms with van der Waals surface area (Å²) in [6.07, 6.45) is 3.29. The quantitative estimate of drug-likeness (QED) is 0.416. The zero-order valence-electron chi connectivity index (χ0n) is 20.9. The molecule has 4 rings (SSSR count). The number of benzene rings is 2. The Morgan fingerprint density at radius 2 is 1.89 bits per heavy atom. The first-order valence-electron chi connectivity index (χ1n) is 11.8. The van der Waals surface area contributed by atoms with E-state index in [1.807, 2.05) is 6.07 Å². The molecule has 196 valence electrons. The van der Waals surface area contributed by atoms with Gasteiger partial charge in [0.15, 0.2) is 11.5 Å². The van der Waals surface area contributed by atoms with Crippen LogP contribution < -0.4 is 29.7 Å². The zero-order chi connectivity index (χ0) is 26.4. The third kappa shape index (κ3) is 6.32. The molecular formula is C26H29ClFN5O4. The molecule has 1 aliphatic heterocycles. The van der Waals surface area contributed by atoms with Gasteiger partial charge in [0.2, 0.25) is 17.6 Å². The highest BCUT2D eigenvalue weighted by atomic mass is 35.5. The lowest BCUT2D eigenvalue weighted by molar-refractivity contribution is -0.125. The topological polar surface area (TPSA) is 97.8 Å². The lowest BCUT2D eigenvalue weighted by atomic mass is 9.97. The molecule has 1 amide bonds. The lowest BCUT2D eigenvalue weighted by Gasteiger charge is -2.33. The summed E-state index contributed by atoms with van der Waals surface area (Å²) in [4.78, 5) is 23.9. The van der Waals surface area contributed by atoms with Crippen LogP contribution in [0.2, 0.25) is 5.02 Å². The molecule has 0 aliphatic carbocycles. The van der Waals surface area contributed by atoms with Gasteiger partial charge in [-0.15, -0.1) is 0 Å². The minimum atomic E-state index is -0.483. The number of aromatic nitrogens is 2.